The van der Waals surface area contributed by atoms with Gasteiger partial charge in [0.1, 0.15) is 5.75 Å². The van der Waals surface area contributed by atoms with Crippen molar-refractivity contribution in [2.45, 2.75) is 26.7 Å². The number of phenols is 1. The molecule has 1 aliphatic heterocycles. The van der Waals surface area contributed by atoms with Gasteiger partial charge in [0.2, 0.25) is 10.1 Å². The number of aromatic hydroxyl groups is 1. The number of phenolic OH excluding ortho intramolecular Hbond substituents is 1. The second-order valence-electron chi connectivity index (χ2n) is 6.66. The van der Waals surface area contributed by atoms with Crippen LogP contribution in [0.25, 0.3) is 16.2 Å². The van der Waals surface area contributed by atoms with E-state index in [0.29, 0.717) is 11.7 Å². The van der Waals surface area contributed by atoms with Crippen LogP contribution >= 0.6 is 11.3 Å². The normalized spacial score (nSPS) is 15.8. The number of nitrogens with one attached hydrogen (secondary N) is 1. The Kier molecular flexibility index (Phi) is 4.35. The van der Waals surface area contributed by atoms with Crippen LogP contribution < -0.4 is 5.32 Å². The van der Waals surface area contributed by atoms with Crippen molar-refractivity contribution < 1.29 is 9.84 Å². The van der Waals surface area contributed by atoms with Gasteiger partial charge in [0.05, 0.1) is 11.9 Å². The molecule has 1 aliphatic rings. The minimum atomic E-state index is 0.350. The number of ether oxygens (including phenoxy) is 1. The van der Waals surface area contributed by atoms with Crippen LogP contribution in [0.4, 0.5) is 5.13 Å². The number of benzene rings is 1. The molecule has 132 valence electrons. The summed E-state index contributed by atoms with van der Waals surface area (Å²) in [6.45, 7) is 6.47. The van der Waals surface area contributed by atoms with E-state index in [1.807, 2.05) is 36.7 Å². The first-order valence-electron chi connectivity index (χ1n) is 8.58. The summed E-state index contributed by atoms with van der Waals surface area (Å²) < 4.78 is 7.22. The number of anilines is 1. The van der Waals surface area contributed by atoms with E-state index in [9.17, 15) is 5.11 Å². The molecule has 2 aromatic heterocycles. The van der Waals surface area contributed by atoms with Crippen molar-refractivity contribution in [2.24, 2.45) is 5.92 Å². The molecule has 1 fully saturated rings. The van der Waals surface area contributed by atoms with Gasteiger partial charge in [0, 0.05) is 25.3 Å². The van der Waals surface area contributed by atoms with Gasteiger partial charge < -0.3 is 15.2 Å². The van der Waals surface area contributed by atoms with Gasteiger partial charge in [-0.15, -0.1) is 5.10 Å². The summed E-state index contributed by atoms with van der Waals surface area (Å²) >= 11 is 1.56. The van der Waals surface area contributed by atoms with Gasteiger partial charge >= 0.3 is 0 Å². The third-order valence-corrected chi connectivity index (χ3v) is 5.59. The minimum Gasteiger partial charge on any atom is -0.507 e. The van der Waals surface area contributed by atoms with Crippen molar-refractivity contribution in [1.82, 2.24) is 14.6 Å². The maximum atomic E-state index is 9.93. The van der Waals surface area contributed by atoms with Gasteiger partial charge in [-0.25, -0.2) is 9.50 Å². The van der Waals surface area contributed by atoms with Crippen LogP contribution in [0.2, 0.25) is 0 Å². The summed E-state index contributed by atoms with van der Waals surface area (Å²) in [5.41, 5.74) is 3.60. The van der Waals surface area contributed by atoms with E-state index in [1.54, 1.807) is 11.3 Å². The first-order valence-corrected chi connectivity index (χ1v) is 9.40. The molecule has 1 saturated heterocycles. The van der Waals surface area contributed by atoms with Gasteiger partial charge in [-0.2, -0.15) is 0 Å². The minimum absolute atomic E-state index is 0.350. The monoisotopic (exact) mass is 358 g/mol. The van der Waals surface area contributed by atoms with Crippen LogP contribution in [0.15, 0.2) is 18.3 Å². The summed E-state index contributed by atoms with van der Waals surface area (Å²) in [6.07, 6.45) is 4.16. The molecule has 4 rings (SSSR count). The first kappa shape index (κ1) is 16.4. The summed E-state index contributed by atoms with van der Waals surface area (Å²) in [5, 5.41) is 18.8. The lowest BCUT2D eigenvalue weighted by atomic mass is 10.0. The molecule has 3 aromatic rings. The fourth-order valence-electron chi connectivity index (χ4n) is 3.20. The highest BCUT2D eigenvalue weighted by molar-refractivity contribution is 7.20. The Balaban J connectivity index is 1.51. The number of aromatic nitrogens is 3. The highest BCUT2D eigenvalue weighted by Crippen LogP contribution is 2.30. The van der Waals surface area contributed by atoms with E-state index >= 15 is 0 Å². The Labute approximate surface area is 150 Å². The summed E-state index contributed by atoms with van der Waals surface area (Å²) in [4.78, 5) is 5.56. The number of hydrogen-bond acceptors (Lipinski definition) is 6. The molecule has 6 nitrogen and oxygen atoms in total. The lowest BCUT2D eigenvalue weighted by Gasteiger charge is -2.21. The number of imidazole rings is 1. The van der Waals surface area contributed by atoms with Crippen molar-refractivity contribution in [1.29, 1.82) is 0 Å². The van der Waals surface area contributed by atoms with Crippen LogP contribution in [0.3, 0.4) is 0 Å². The zero-order chi connectivity index (χ0) is 17.4. The molecule has 0 bridgehead atoms. The molecular formula is C18H22N4O2S. The van der Waals surface area contributed by atoms with Crippen molar-refractivity contribution in [3.05, 3.63) is 29.5 Å². The predicted molar refractivity (Wildman–Crippen MR) is 99.5 cm³/mol. The quantitative estimate of drug-likeness (QED) is 0.745. The molecule has 0 unspecified atom stereocenters. The molecule has 7 heteroatoms. The largest absolute Gasteiger partial charge is 0.507 e. The summed E-state index contributed by atoms with van der Waals surface area (Å²) in [7, 11) is 0. The number of fused-ring (bicyclic) bond motifs is 1. The molecule has 0 amide bonds. The van der Waals surface area contributed by atoms with Crippen molar-refractivity contribution >= 4 is 21.4 Å². The maximum Gasteiger partial charge on any atom is 0.214 e. The van der Waals surface area contributed by atoms with Gasteiger partial charge in [0.15, 0.2) is 0 Å². The highest BCUT2D eigenvalue weighted by atomic mass is 32.1. The summed E-state index contributed by atoms with van der Waals surface area (Å²) in [6, 6.07) is 3.91. The lowest BCUT2D eigenvalue weighted by Crippen LogP contribution is -2.22. The van der Waals surface area contributed by atoms with E-state index < -0.39 is 0 Å². The Morgan fingerprint density at radius 2 is 2.00 bits per heavy atom. The standard InChI is InChI=1S/C18H22N4O2S/c1-11-7-14(8-12(2)16(11)23)15-10-22-18(20-15)25-17(21-22)19-9-13-3-5-24-6-4-13/h7-8,10,13,23H,3-6,9H2,1-2H3,(H,19,21). The molecule has 2 N–H and O–H groups in total. The molecule has 0 saturated carbocycles. The highest BCUT2D eigenvalue weighted by Gasteiger charge is 2.15. The van der Waals surface area contributed by atoms with Gasteiger partial charge in [-0.05, 0) is 55.9 Å². The van der Waals surface area contributed by atoms with Crippen molar-refractivity contribution in [3.63, 3.8) is 0 Å². The van der Waals surface area contributed by atoms with Gasteiger partial charge in [0.25, 0.3) is 0 Å². The fraction of sp³-hybridized carbons (Fsp3) is 0.444. The van der Waals surface area contributed by atoms with Crippen LogP contribution in [0.1, 0.15) is 24.0 Å². The molecule has 0 aliphatic carbocycles. The first-order chi connectivity index (χ1) is 12.1. The number of rotatable bonds is 4. The molecule has 0 spiro atoms. The Hall–Kier alpha value is -2.12. The Morgan fingerprint density at radius 1 is 1.28 bits per heavy atom. The van der Waals surface area contributed by atoms with E-state index in [1.165, 1.54) is 0 Å². The average molecular weight is 358 g/mol. The third kappa shape index (κ3) is 3.34. The molecule has 0 atom stereocenters. The Morgan fingerprint density at radius 3 is 2.68 bits per heavy atom. The molecular weight excluding hydrogens is 336 g/mol. The lowest BCUT2D eigenvalue weighted by molar-refractivity contribution is 0.0699. The second-order valence-corrected chi connectivity index (χ2v) is 7.61. The average Bonchev–Trinajstić information content (AvgIpc) is 3.17. The summed E-state index contributed by atoms with van der Waals surface area (Å²) in [5.74, 6) is 1.01. The van der Waals surface area contributed by atoms with E-state index in [4.69, 9.17) is 4.74 Å². The third-order valence-electron chi connectivity index (χ3n) is 4.71. The second kappa shape index (κ2) is 6.65. The zero-order valence-corrected chi connectivity index (χ0v) is 15.3. The number of nitrogens with zero attached hydrogens (tertiary/aromatic N) is 3. The van der Waals surface area contributed by atoms with Crippen LogP contribution in [-0.2, 0) is 4.74 Å². The predicted octanol–water partition coefficient (Wildman–Crippen LogP) is 3.62. The van der Waals surface area contributed by atoms with Crippen molar-refractivity contribution in [2.75, 3.05) is 25.1 Å². The van der Waals surface area contributed by atoms with E-state index in [0.717, 1.165) is 65.1 Å². The topological polar surface area (TPSA) is 71.7 Å². The Bertz CT molecular complexity index is 841. The van der Waals surface area contributed by atoms with Gasteiger partial charge in [-0.1, -0.05) is 11.3 Å². The molecule has 25 heavy (non-hydrogen) atoms. The van der Waals surface area contributed by atoms with Crippen LogP contribution in [0.5, 0.6) is 5.75 Å². The van der Waals surface area contributed by atoms with Gasteiger partial charge in [-0.3, -0.25) is 0 Å². The smallest absolute Gasteiger partial charge is 0.214 e. The van der Waals surface area contributed by atoms with Crippen LogP contribution in [0, 0.1) is 19.8 Å². The van der Waals surface area contributed by atoms with E-state index in [2.05, 4.69) is 15.4 Å². The SMILES string of the molecule is Cc1cc(-c2cn3nc(NCC4CCOCC4)sc3n2)cc(C)c1O. The maximum absolute atomic E-state index is 9.93. The molecule has 1 aromatic carbocycles. The zero-order valence-electron chi connectivity index (χ0n) is 14.5. The fourth-order valence-corrected chi connectivity index (χ4v) is 3.98. The number of hydrogen-bond donors (Lipinski definition) is 2. The molecule has 0 radical (unpaired) electrons. The number of aryl methyl sites for hydroxylation is 2. The van der Waals surface area contributed by atoms with Crippen LogP contribution in [-0.4, -0.2) is 39.5 Å². The molecule has 3 heterocycles. The van der Waals surface area contributed by atoms with E-state index in [-0.39, 0.29) is 0 Å². The van der Waals surface area contributed by atoms with Crippen molar-refractivity contribution in [3.8, 4) is 17.0 Å².